The number of amides is 2. The van der Waals surface area contributed by atoms with Crippen LogP contribution in [0.4, 0.5) is 11.4 Å². The molecule has 162 valence electrons. The lowest BCUT2D eigenvalue weighted by atomic mass is 9.90. The van der Waals surface area contributed by atoms with Crippen molar-refractivity contribution in [3.63, 3.8) is 0 Å². The van der Waals surface area contributed by atoms with Crippen molar-refractivity contribution in [1.29, 1.82) is 0 Å². The molecule has 0 saturated carbocycles. The molecule has 32 heavy (non-hydrogen) atoms. The third-order valence-electron chi connectivity index (χ3n) is 5.76. The molecular weight excluding hydrogens is 476 g/mol. The summed E-state index contributed by atoms with van der Waals surface area (Å²) in [6, 6.07) is 20.6. The number of carbonyl (C=O) groups excluding carboxylic acids is 2. The Kier molecular flexibility index (Phi) is 5.11. The zero-order valence-corrected chi connectivity index (χ0v) is 18.6. The van der Waals surface area contributed by atoms with Gasteiger partial charge in [-0.1, -0.05) is 40.2 Å². The fraction of sp³-hybridized carbons (Fsp3) is 0.167. The van der Waals surface area contributed by atoms with Crippen LogP contribution in [0.25, 0.3) is 0 Å². The molecule has 0 radical (unpaired) electrons. The second-order valence-corrected chi connectivity index (χ2v) is 8.49. The number of benzene rings is 3. The number of phenolic OH excluding ortho intramolecular Hbond substituents is 1. The summed E-state index contributed by atoms with van der Waals surface area (Å²) in [6.45, 7) is 0. The van der Waals surface area contributed by atoms with E-state index in [1.165, 1.54) is 18.1 Å². The number of hydroxylamine groups is 1. The highest BCUT2D eigenvalue weighted by Gasteiger charge is 2.60. The molecule has 3 aromatic carbocycles. The Morgan fingerprint density at radius 1 is 0.938 bits per heavy atom. The second-order valence-electron chi connectivity index (χ2n) is 7.58. The number of para-hydroxylation sites is 1. The molecule has 1 N–H and O–H groups in total. The van der Waals surface area contributed by atoms with Crippen molar-refractivity contribution in [3.05, 3.63) is 82.8 Å². The normalized spacial score (nSPS) is 22.4. The Morgan fingerprint density at radius 3 is 2.34 bits per heavy atom. The van der Waals surface area contributed by atoms with E-state index >= 15 is 0 Å². The third-order valence-corrected chi connectivity index (χ3v) is 6.28. The van der Waals surface area contributed by atoms with Crippen molar-refractivity contribution in [3.8, 4) is 11.5 Å². The zero-order chi connectivity index (χ0) is 22.4. The van der Waals surface area contributed by atoms with Crippen molar-refractivity contribution in [2.75, 3.05) is 17.1 Å². The first kappa shape index (κ1) is 20.5. The molecule has 7 nitrogen and oxygen atoms in total. The summed E-state index contributed by atoms with van der Waals surface area (Å²) >= 11 is 3.37. The summed E-state index contributed by atoms with van der Waals surface area (Å²) in [6.07, 6.45) is -0.962. The van der Waals surface area contributed by atoms with Crippen LogP contribution < -0.4 is 14.7 Å². The minimum Gasteiger partial charge on any atom is -0.504 e. The molecule has 0 aliphatic carbocycles. The first-order valence-corrected chi connectivity index (χ1v) is 10.8. The van der Waals surface area contributed by atoms with E-state index in [2.05, 4.69) is 15.9 Å². The molecule has 5 rings (SSSR count). The Hall–Kier alpha value is -3.36. The summed E-state index contributed by atoms with van der Waals surface area (Å²) in [7, 11) is 1.46. The van der Waals surface area contributed by atoms with Gasteiger partial charge >= 0.3 is 0 Å². The molecule has 2 amide bonds. The predicted octanol–water partition coefficient (Wildman–Crippen LogP) is 4.21. The lowest BCUT2D eigenvalue weighted by Crippen LogP contribution is -2.37. The maximum absolute atomic E-state index is 13.6. The van der Waals surface area contributed by atoms with Gasteiger partial charge in [0.05, 0.1) is 24.5 Å². The van der Waals surface area contributed by atoms with E-state index in [9.17, 15) is 14.7 Å². The number of aromatic hydroxyl groups is 1. The molecule has 0 unspecified atom stereocenters. The maximum atomic E-state index is 13.6. The van der Waals surface area contributed by atoms with Crippen LogP contribution in [0, 0.1) is 5.92 Å². The van der Waals surface area contributed by atoms with Crippen molar-refractivity contribution in [2.24, 2.45) is 5.92 Å². The van der Waals surface area contributed by atoms with E-state index in [0.717, 1.165) is 10.2 Å². The largest absolute Gasteiger partial charge is 0.504 e. The molecule has 3 atom stereocenters. The van der Waals surface area contributed by atoms with Crippen LogP contribution >= 0.6 is 15.9 Å². The quantitative estimate of drug-likeness (QED) is 0.547. The molecule has 0 spiro atoms. The number of imide groups is 1. The lowest BCUT2D eigenvalue weighted by Gasteiger charge is -2.29. The van der Waals surface area contributed by atoms with Gasteiger partial charge in [-0.3, -0.25) is 14.4 Å². The van der Waals surface area contributed by atoms with Gasteiger partial charge in [0.25, 0.3) is 5.91 Å². The molecule has 2 heterocycles. The van der Waals surface area contributed by atoms with Gasteiger partial charge in [-0.25, -0.2) is 9.96 Å². The average molecular weight is 495 g/mol. The van der Waals surface area contributed by atoms with Gasteiger partial charge in [0.2, 0.25) is 5.91 Å². The second kappa shape index (κ2) is 7.96. The van der Waals surface area contributed by atoms with E-state index in [-0.39, 0.29) is 17.4 Å². The van der Waals surface area contributed by atoms with E-state index in [0.29, 0.717) is 11.3 Å². The number of halogens is 1. The maximum Gasteiger partial charge on any atom is 0.266 e. The topological polar surface area (TPSA) is 79.3 Å². The number of phenols is 1. The van der Waals surface area contributed by atoms with Crippen molar-refractivity contribution >= 4 is 39.1 Å². The zero-order valence-electron chi connectivity index (χ0n) is 17.0. The highest BCUT2D eigenvalue weighted by molar-refractivity contribution is 9.10. The predicted molar refractivity (Wildman–Crippen MR) is 121 cm³/mol. The molecule has 3 aromatic rings. The van der Waals surface area contributed by atoms with Crippen LogP contribution in [0.2, 0.25) is 0 Å². The highest BCUT2D eigenvalue weighted by Crippen LogP contribution is 2.48. The first-order chi connectivity index (χ1) is 15.5. The Bertz CT molecular complexity index is 1180. The van der Waals surface area contributed by atoms with Gasteiger partial charge in [0.1, 0.15) is 5.92 Å². The summed E-state index contributed by atoms with van der Waals surface area (Å²) in [5, 5.41) is 11.7. The Balaban J connectivity index is 1.60. The number of anilines is 2. The van der Waals surface area contributed by atoms with E-state index in [1.54, 1.807) is 41.5 Å². The van der Waals surface area contributed by atoms with Crippen LogP contribution in [0.5, 0.6) is 11.5 Å². The first-order valence-electron chi connectivity index (χ1n) is 10.0. The third kappa shape index (κ3) is 3.23. The summed E-state index contributed by atoms with van der Waals surface area (Å²) in [4.78, 5) is 34.2. The molecule has 8 heteroatoms. The van der Waals surface area contributed by atoms with Crippen LogP contribution in [-0.2, 0) is 14.4 Å². The van der Waals surface area contributed by atoms with Crippen molar-refractivity contribution < 1.29 is 24.3 Å². The lowest BCUT2D eigenvalue weighted by molar-refractivity contribution is -0.126. The Labute approximate surface area is 192 Å². The standard InChI is InChI=1S/C24H19BrN2O5/c1-31-19-13-14(7-12-18(19)28)21-20-22(32-27(21)17-5-3-2-4-6-17)24(30)26(23(20)29)16-10-8-15(25)9-11-16/h2-13,20-22,28H,1H3/t20-,21+,22+/m0/s1. The van der Waals surface area contributed by atoms with Crippen molar-refractivity contribution in [1.82, 2.24) is 0 Å². The van der Waals surface area contributed by atoms with Crippen LogP contribution in [-0.4, -0.2) is 30.1 Å². The SMILES string of the molecule is COc1cc([C@@H]2[C@@H]3C(=O)N(c4ccc(Br)cc4)C(=O)[C@@H]3ON2c2ccccc2)ccc1O. The molecule has 0 aromatic heterocycles. The number of methoxy groups -OCH3 is 1. The van der Waals surface area contributed by atoms with Gasteiger partial charge in [-0.05, 0) is 54.1 Å². The number of hydrogen-bond acceptors (Lipinski definition) is 6. The van der Waals surface area contributed by atoms with Crippen LogP contribution in [0.15, 0.2) is 77.3 Å². The number of nitrogens with zero attached hydrogens (tertiary/aromatic N) is 2. The van der Waals surface area contributed by atoms with E-state index in [1.807, 2.05) is 30.3 Å². The number of rotatable bonds is 4. The highest BCUT2D eigenvalue weighted by atomic mass is 79.9. The number of hydrogen-bond donors (Lipinski definition) is 1. The molecule has 2 saturated heterocycles. The summed E-state index contributed by atoms with van der Waals surface area (Å²) in [5.74, 6) is -1.24. The fourth-order valence-corrected chi connectivity index (χ4v) is 4.54. The molecule has 2 fully saturated rings. The Morgan fingerprint density at radius 2 is 1.66 bits per heavy atom. The minimum absolute atomic E-state index is 0.0108. The monoisotopic (exact) mass is 494 g/mol. The van der Waals surface area contributed by atoms with Gasteiger partial charge in [-0.2, -0.15) is 0 Å². The van der Waals surface area contributed by atoms with Gasteiger partial charge in [-0.15, -0.1) is 0 Å². The summed E-state index contributed by atoms with van der Waals surface area (Å²) in [5.41, 5.74) is 1.90. The summed E-state index contributed by atoms with van der Waals surface area (Å²) < 4.78 is 6.12. The van der Waals surface area contributed by atoms with Crippen molar-refractivity contribution in [2.45, 2.75) is 12.1 Å². The van der Waals surface area contributed by atoms with Crippen LogP contribution in [0.1, 0.15) is 11.6 Å². The number of fused-ring (bicyclic) bond motifs is 1. The number of ether oxygens (including phenoxy) is 1. The number of carbonyl (C=O) groups is 2. The van der Waals surface area contributed by atoms with E-state index < -0.39 is 24.0 Å². The van der Waals surface area contributed by atoms with Gasteiger partial charge in [0, 0.05) is 4.47 Å². The average Bonchev–Trinajstić information content (AvgIpc) is 3.32. The fourth-order valence-electron chi connectivity index (χ4n) is 4.28. The molecular formula is C24H19BrN2O5. The smallest absolute Gasteiger partial charge is 0.266 e. The molecule has 0 bridgehead atoms. The molecule has 2 aliphatic rings. The molecule has 2 aliphatic heterocycles. The van der Waals surface area contributed by atoms with Gasteiger partial charge in [0.15, 0.2) is 17.6 Å². The van der Waals surface area contributed by atoms with Crippen LogP contribution in [0.3, 0.4) is 0 Å². The minimum atomic E-state index is -0.962. The van der Waals surface area contributed by atoms with Gasteiger partial charge < -0.3 is 9.84 Å². The van der Waals surface area contributed by atoms with E-state index in [4.69, 9.17) is 9.57 Å².